The Morgan fingerprint density at radius 3 is 2.62 bits per heavy atom. The largest absolute Gasteiger partial charge is 0.462 e. The Labute approximate surface area is 200 Å². The second kappa shape index (κ2) is 7.76. The number of fused-ring (bicyclic) bond motifs is 3. The topological polar surface area (TPSA) is 45.3 Å². The van der Waals surface area contributed by atoms with Gasteiger partial charge in [-0.1, -0.05) is 30.1 Å². The molecule has 1 aromatic rings. The molecule has 0 aromatic heterocycles. The minimum Gasteiger partial charge on any atom is -0.462 e. The van der Waals surface area contributed by atoms with Gasteiger partial charge in [0.25, 0.3) is 0 Å². The molecule has 3 heterocycles. The van der Waals surface area contributed by atoms with Crippen LogP contribution in [0.5, 0.6) is 0 Å². The van der Waals surface area contributed by atoms with Crippen molar-refractivity contribution in [1.82, 2.24) is 4.90 Å². The highest BCUT2D eigenvalue weighted by Crippen LogP contribution is 2.62. The molecule has 1 aromatic carbocycles. The number of esters is 1. The van der Waals surface area contributed by atoms with E-state index >= 15 is 0 Å². The highest BCUT2D eigenvalue weighted by molar-refractivity contribution is 6.42. The molecule has 32 heavy (non-hydrogen) atoms. The molecule has 5 nitrogen and oxygen atoms in total. The maximum absolute atomic E-state index is 12.9. The number of epoxide rings is 1. The van der Waals surface area contributed by atoms with E-state index in [1.165, 1.54) is 19.3 Å². The Kier molecular flexibility index (Phi) is 5.22. The lowest BCUT2D eigenvalue weighted by atomic mass is 9.53. The highest BCUT2D eigenvalue weighted by atomic mass is 35.5. The van der Waals surface area contributed by atoms with E-state index in [1.54, 1.807) is 0 Å². The zero-order valence-electron chi connectivity index (χ0n) is 18.7. The molecular formula is C25H32Cl2N2O3. The lowest BCUT2D eigenvalue weighted by Crippen LogP contribution is -2.52. The van der Waals surface area contributed by atoms with E-state index in [-0.39, 0.29) is 29.0 Å². The van der Waals surface area contributed by atoms with Gasteiger partial charge in [0.2, 0.25) is 0 Å². The number of hydrogen-bond donors (Lipinski definition) is 0. The molecule has 1 spiro atoms. The molecule has 6 rings (SSSR count). The number of anilines is 1. The zero-order valence-corrected chi connectivity index (χ0v) is 20.2. The molecule has 0 bridgehead atoms. The minimum absolute atomic E-state index is 0.00111. The summed E-state index contributed by atoms with van der Waals surface area (Å²) >= 11 is 12.3. The number of rotatable bonds is 3. The van der Waals surface area contributed by atoms with Crippen molar-refractivity contribution >= 4 is 34.9 Å². The summed E-state index contributed by atoms with van der Waals surface area (Å²) in [7, 11) is 0. The van der Waals surface area contributed by atoms with Crippen LogP contribution in [0.3, 0.4) is 0 Å². The Morgan fingerprint density at radius 1 is 1.12 bits per heavy atom. The van der Waals surface area contributed by atoms with Gasteiger partial charge in [0.15, 0.2) is 0 Å². The standard InChI is InChI=1S/C25H32Cl2N2O3/c1-24-5-2-6-25(15-31-25)22(24)12-17-18(23(30)32-21(17)13-24)14-28-7-9-29(10-8-28)16-3-4-19(26)20(27)11-16/h3-4,11,17-18,21-22H,2,5-10,12-15H2,1H3/t17-,18+,21+,22+,24+,25-/m0/s1. The van der Waals surface area contributed by atoms with E-state index in [1.807, 2.05) is 18.2 Å². The molecule has 2 saturated carbocycles. The second-order valence-corrected chi connectivity index (χ2v) is 11.8. The number of hydrogen-bond acceptors (Lipinski definition) is 5. The first kappa shape index (κ1) is 21.5. The van der Waals surface area contributed by atoms with Crippen LogP contribution in [-0.4, -0.2) is 61.9 Å². The molecule has 0 unspecified atom stereocenters. The summed E-state index contributed by atoms with van der Waals surface area (Å²) in [6.45, 7) is 7.87. The predicted octanol–water partition coefficient (Wildman–Crippen LogP) is 4.64. The van der Waals surface area contributed by atoms with Crippen LogP contribution < -0.4 is 4.90 Å². The number of piperazine rings is 1. The average Bonchev–Trinajstić information content (AvgIpc) is 3.47. The first-order chi connectivity index (χ1) is 15.4. The Bertz CT molecular complexity index is 914. The summed E-state index contributed by atoms with van der Waals surface area (Å²) in [6, 6.07) is 5.83. The van der Waals surface area contributed by atoms with E-state index in [2.05, 4.69) is 16.7 Å². The van der Waals surface area contributed by atoms with Crippen LogP contribution in [0.15, 0.2) is 18.2 Å². The van der Waals surface area contributed by atoms with Crippen molar-refractivity contribution in [3.05, 3.63) is 28.2 Å². The fourth-order valence-corrected chi connectivity index (χ4v) is 7.61. The maximum Gasteiger partial charge on any atom is 0.310 e. The van der Waals surface area contributed by atoms with E-state index in [0.29, 0.717) is 21.9 Å². The van der Waals surface area contributed by atoms with Crippen LogP contribution in [-0.2, 0) is 14.3 Å². The van der Waals surface area contributed by atoms with Crippen molar-refractivity contribution in [2.24, 2.45) is 23.2 Å². The van der Waals surface area contributed by atoms with Gasteiger partial charge in [0, 0.05) is 44.3 Å². The fraction of sp³-hybridized carbons (Fsp3) is 0.720. The summed E-state index contributed by atoms with van der Waals surface area (Å²) in [5.41, 5.74) is 1.48. The van der Waals surface area contributed by atoms with Crippen molar-refractivity contribution < 1.29 is 14.3 Å². The van der Waals surface area contributed by atoms with Crippen LogP contribution in [0, 0.1) is 23.2 Å². The number of carbonyl (C=O) groups excluding carboxylic acids is 1. The molecule has 0 N–H and O–H groups in total. The Balaban J connectivity index is 1.11. The van der Waals surface area contributed by atoms with Crippen LogP contribution in [0.2, 0.25) is 10.0 Å². The van der Waals surface area contributed by atoms with Crippen LogP contribution in [0.25, 0.3) is 0 Å². The van der Waals surface area contributed by atoms with Gasteiger partial charge in [-0.3, -0.25) is 9.69 Å². The van der Waals surface area contributed by atoms with Crippen molar-refractivity contribution in [2.45, 2.75) is 50.7 Å². The third kappa shape index (κ3) is 3.55. The summed E-state index contributed by atoms with van der Waals surface area (Å²) in [5, 5.41) is 1.18. The van der Waals surface area contributed by atoms with E-state index in [0.717, 1.165) is 57.9 Å². The summed E-state index contributed by atoms with van der Waals surface area (Å²) < 4.78 is 12.0. The van der Waals surface area contributed by atoms with Gasteiger partial charge in [-0.15, -0.1) is 0 Å². The van der Waals surface area contributed by atoms with Crippen LogP contribution in [0.1, 0.15) is 39.0 Å². The monoisotopic (exact) mass is 478 g/mol. The maximum atomic E-state index is 12.9. The smallest absolute Gasteiger partial charge is 0.310 e. The number of benzene rings is 1. The third-order valence-electron chi connectivity index (χ3n) is 9.17. The minimum atomic E-state index is -0.00111. The molecule has 0 amide bonds. The zero-order chi connectivity index (χ0) is 22.1. The quantitative estimate of drug-likeness (QED) is 0.467. The summed E-state index contributed by atoms with van der Waals surface area (Å²) in [4.78, 5) is 17.7. The lowest BCUT2D eigenvalue weighted by Gasteiger charge is -2.51. The van der Waals surface area contributed by atoms with E-state index in [9.17, 15) is 4.79 Å². The summed E-state index contributed by atoms with van der Waals surface area (Å²) in [5.74, 6) is 0.945. The molecule has 3 saturated heterocycles. The van der Waals surface area contributed by atoms with Gasteiger partial charge in [-0.05, 0) is 61.6 Å². The Morgan fingerprint density at radius 2 is 1.91 bits per heavy atom. The van der Waals surface area contributed by atoms with Crippen molar-refractivity contribution in [1.29, 1.82) is 0 Å². The first-order valence-corrected chi connectivity index (χ1v) is 12.9. The molecule has 174 valence electrons. The highest BCUT2D eigenvalue weighted by Gasteiger charge is 2.65. The molecule has 3 aliphatic heterocycles. The molecule has 0 radical (unpaired) electrons. The van der Waals surface area contributed by atoms with Gasteiger partial charge in [0.05, 0.1) is 28.2 Å². The molecule has 7 heteroatoms. The summed E-state index contributed by atoms with van der Waals surface area (Å²) in [6.07, 6.45) is 5.87. The number of ether oxygens (including phenoxy) is 2. The van der Waals surface area contributed by atoms with Crippen LogP contribution >= 0.6 is 23.2 Å². The Hall–Kier alpha value is -1.01. The van der Waals surface area contributed by atoms with E-state index < -0.39 is 0 Å². The molecule has 2 aliphatic carbocycles. The van der Waals surface area contributed by atoms with Gasteiger partial charge < -0.3 is 14.4 Å². The van der Waals surface area contributed by atoms with Gasteiger partial charge >= 0.3 is 5.97 Å². The van der Waals surface area contributed by atoms with Gasteiger partial charge in [-0.25, -0.2) is 0 Å². The molecular weight excluding hydrogens is 447 g/mol. The number of halogens is 2. The molecule has 5 aliphatic rings. The second-order valence-electron chi connectivity index (χ2n) is 11.0. The first-order valence-electron chi connectivity index (χ1n) is 12.1. The SMILES string of the molecule is C[C@]12CCC[C@]3(CO3)[C@@H]1C[C@@H]1[C@@H](C2)OC(=O)[C@@H]1CN1CCN(c2ccc(Cl)c(Cl)c2)CC1. The van der Waals surface area contributed by atoms with Gasteiger partial charge in [0.1, 0.15) is 6.10 Å². The molecule has 6 atom stereocenters. The average molecular weight is 479 g/mol. The number of nitrogens with zero attached hydrogens (tertiary/aromatic N) is 2. The van der Waals surface area contributed by atoms with Gasteiger partial charge in [-0.2, -0.15) is 0 Å². The lowest BCUT2D eigenvalue weighted by molar-refractivity contribution is -0.147. The fourth-order valence-electron chi connectivity index (χ4n) is 7.31. The normalized spacial score (nSPS) is 41.3. The van der Waals surface area contributed by atoms with E-state index in [4.69, 9.17) is 32.7 Å². The van der Waals surface area contributed by atoms with Crippen molar-refractivity contribution in [3.63, 3.8) is 0 Å². The third-order valence-corrected chi connectivity index (χ3v) is 9.91. The van der Waals surface area contributed by atoms with Crippen molar-refractivity contribution in [2.75, 3.05) is 44.2 Å². The van der Waals surface area contributed by atoms with Crippen LogP contribution in [0.4, 0.5) is 5.69 Å². The molecule has 5 fully saturated rings. The predicted molar refractivity (Wildman–Crippen MR) is 125 cm³/mol. The number of carbonyl (C=O) groups is 1. The van der Waals surface area contributed by atoms with Crippen molar-refractivity contribution in [3.8, 4) is 0 Å².